The molecule has 1 fully saturated rings. The summed E-state index contributed by atoms with van der Waals surface area (Å²) in [6, 6.07) is 8.28. The number of aromatic amines is 1. The molecule has 1 aromatic heterocycles. The van der Waals surface area contributed by atoms with E-state index in [1.165, 1.54) is 5.56 Å². The summed E-state index contributed by atoms with van der Waals surface area (Å²) in [7, 11) is 0. The van der Waals surface area contributed by atoms with Crippen LogP contribution in [0.3, 0.4) is 0 Å². The standard InChI is InChI=1S/C12H13N3O/c13-12-11(5-14-15-12)10-4-2-1-3-9(10)8-6-16-7-8/h1-5,8H,6-7H2,(H3,13,14,15). The van der Waals surface area contributed by atoms with Crippen LogP contribution in [-0.4, -0.2) is 23.4 Å². The summed E-state index contributed by atoms with van der Waals surface area (Å²) in [4.78, 5) is 0. The van der Waals surface area contributed by atoms with Gasteiger partial charge >= 0.3 is 0 Å². The molecule has 1 saturated heterocycles. The van der Waals surface area contributed by atoms with E-state index in [9.17, 15) is 0 Å². The third-order valence-electron chi connectivity index (χ3n) is 3.00. The minimum atomic E-state index is 0.491. The van der Waals surface area contributed by atoms with Crippen molar-refractivity contribution in [1.29, 1.82) is 0 Å². The molecule has 0 aliphatic carbocycles. The second-order valence-electron chi connectivity index (χ2n) is 4.02. The Balaban J connectivity index is 2.09. The Labute approximate surface area is 93.4 Å². The summed E-state index contributed by atoms with van der Waals surface area (Å²) in [5.74, 6) is 1.11. The number of anilines is 1. The molecule has 82 valence electrons. The predicted octanol–water partition coefficient (Wildman–Crippen LogP) is 1.77. The summed E-state index contributed by atoms with van der Waals surface area (Å²) < 4.78 is 5.24. The molecule has 1 aromatic carbocycles. The van der Waals surface area contributed by atoms with E-state index in [0.717, 1.165) is 24.3 Å². The number of nitrogens with two attached hydrogens (primary N) is 1. The zero-order valence-electron chi connectivity index (χ0n) is 8.81. The van der Waals surface area contributed by atoms with E-state index in [2.05, 4.69) is 22.3 Å². The van der Waals surface area contributed by atoms with Crippen molar-refractivity contribution in [2.75, 3.05) is 18.9 Å². The monoisotopic (exact) mass is 215 g/mol. The van der Waals surface area contributed by atoms with E-state index in [0.29, 0.717) is 11.7 Å². The third kappa shape index (κ3) is 1.39. The number of ether oxygens (including phenoxy) is 1. The van der Waals surface area contributed by atoms with Gasteiger partial charge in [-0.25, -0.2) is 0 Å². The first-order valence-corrected chi connectivity index (χ1v) is 5.32. The van der Waals surface area contributed by atoms with Crippen LogP contribution in [0, 0.1) is 0 Å². The summed E-state index contributed by atoms with van der Waals surface area (Å²) in [6.07, 6.45) is 1.77. The van der Waals surface area contributed by atoms with E-state index < -0.39 is 0 Å². The van der Waals surface area contributed by atoms with E-state index in [1.807, 2.05) is 12.1 Å². The van der Waals surface area contributed by atoms with E-state index >= 15 is 0 Å². The van der Waals surface area contributed by atoms with Crippen LogP contribution >= 0.6 is 0 Å². The van der Waals surface area contributed by atoms with Crippen LogP contribution in [0.5, 0.6) is 0 Å². The second-order valence-corrected chi connectivity index (χ2v) is 4.02. The molecule has 4 heteroatoms. The molecule has 0 saturated carbocycles. The minimum absolute atomic E-state index is 0.491. The molecule has 2 aromatic rings. The van der Waals surface area contributed by atoms with Crippen molar-refractivity contribution in [2.45, 2.75) is 5.92 Å². The highest BCUT2D eigenvalue weighted by atomic mass is 16.5. The summed E-state index contributed by atoms with van der Waals surface area (Å²) in [6.45, 7) is 1.60. The number of nitrogens with zero attached hydrogens (tertiary/aromatic N) is 1. The van der Waals surface area contributed by atoms with Crippen LogP contribution in [-0.2, 0) is 4.74 Å². The molecule has 3 N–H and O–H groups in total. The van der Waals surface area contributed by atoms with Gasteiger partial charge in [-0.3, -0.25) is 5.10 Å². The maximum atomic E-state index is 5.85. The fourth-order valence-electron chi connectivity index (χ4n) is 2.02. The lowest BCUT2D eigenvalue weighted by molar-refractivity contribution is 0.00864. The van der Waals surface area contributed by atoms with Gasteiger partial charge in [0.15, 0.2) is 0 Å². The highest BCUT2D eigenvalue weighted by Crippen LogP contribution is 2.34. The Hall–Kier alpha value is -1.81. The molecule has 0 unspecified atom stereocenters. The Morgan fingerprint density at radius 2 is 2.06 bits per heavy atom. The summed E-state index contributed by atoms with van der Waals surface area (Å²) in [5.41, 5.74) is 9.27. The molecule has 16 heavy (non-hydrogen) atoms. The average Bonchev–Trinajstić information content (AvgIpc) is 2.63. The first-order valence-electron chi connectivity index (χ1n) is 5.32. The Morgan fingerprint density at radius 1 is 1.25 bits per heavy atom. The highest BCUT2D eigenvalue weighted by molar-refractivity contribution is 5.76. The Bertz CT molecular complexity index is 502. The number of rotatable bonds is 2. The van der Waals surface area contributed by atoms with Crippen molar-refractivity contribution < 1.29 is 4.74 Å². The number of aromatic nitrogens is 2. The van der Waals surface area contributed by atoms with Crippen LogP contribution in [0.2, 0.25) is 0 Å². The normalized spacial score (nSPS) is 16.0. The smallest absolute Gasteiger partial charge is 0.126 e. The quantitative estimate of drug-likeness (QED) is 0.802. The molecule has 0 bridgehead atoms. The third-order valence-corrected chi connectivity index (χ3v) is 3.00. The SMILES string of the molecule is Nc1[nH]ncc1-c1ccccc1C1COC1. The molecular weight excluding hydrogens is 202 g/mol. The number of benzene rings is 1. The van der Waals surface area contributed by atoms with Crippen molar-refractivity contribution >= 4 is 5.82 Å². The van der Waals surface area contributed by atoms with Gasteiger partial charge in [-0.2, -0.15) is 5.10 Å². The van der Waals surface area contributed by atoms with Gasteiger partial charge in [0.25, 0.3) is 0 Å². The molecule has 0 atom stereocenters. The number of hydrogen-bond donors (Lipinski definition) is 2. The topological polar surface area (TPSA) is 63.9 Å². The number of H-pyrrole nitrogens is 1. The molecule has 3 rings (SSSR count). The molecule has 2 heterocycles. The predicted molar refractivity (Wildman–Crippen MR) is 62.0 cm³/mol. The highest BCUT2D eigenvalue weighted by Gasteiger charge is 2.24. The minimum Gasteiger partial charge on any atom is -0.384 e. The molecular formula is C12H13N3O. The first kappa shape index (κ1) is 9.42. The van der Waals surface area contributed by atoms with Gasteiger partial charge in [0.1, 0.15) is 5.82 Å². The molecule has 0 spiro atoms. The molecule has 4 nitrogen and oxygen atoms in total. The maximum absolute atomic E-state index is 5.85. The average molecular weight is 215 g/mol. The van der Waals surface area contributed by atoms with Crippen LogP contribution in [0.1, 0.15) is 11.5 Å². The van der Waals surface area contributed by atoms with E-state index in [4.69, 9.17) is 10.5 Å². The van der Waals surface area contributed by atoms with Gasteiger partial charge < -0.3 is 10.5 Å². The van der Waals surface area contributed by atoms with E-state index in [1.54, 1.807) is 6.20 Å². The summed E-state index contributed by atoms with van der Waals surface area (Å²) in [5, 5.41) is 6.73. The van der Waals surface area contributed by atoms with Crippen molar-refractivity contribution in [1.82, 2.24) is 10.2 Å². The van der Waals surface area contributed by atoms with Crippen molar-refractivity contribution in [2.24, 2.45) is 0 Å². The number of nitrogens with one attached hydrogen (secondary N) is 1. The van der Waals surface area contributed by atoms with Gasteiger partial charge in [-0.15, -0.1) is 0 Å². The van der Waals surface area contributed by atoms with Crippen molar-refractivity contribution in [3.8, 4) is 11.1 Å². The Kier molecular flexibility index (Phi) is 2.15. The molecule has 1 aliphatic heterocycles. The lowest BCUT2D eigenvalue weighted by Gasteiger charge is -2.28. The lowest BCUT2D eigenvalue weighted by atomic mass is 9.90. The fraction of sp³-hybridized carbons (Fsp3) is 0.250. The van der Waals surface area contributed by atoms with Gasteiger partial charge in [0.05, 0.1) is 19.4 Å². The zero-order chi connectivity index (χ0) is 11.0. The lowest BCUT2D eigenvalue weighted by Crippen LogP contribution is -2.25. The molecule has 0 amide bonds. The summed E-state index contributed by atoms with van der Waals surface area (Å²) >= 11 is 0. The Morgan fingerprint density at radius 3 is 2.69 bits per heavy atom. The molecule has 0 radical (unpaired) electrons. The van der Waals surface area contributed by atoms with Crippen molar-refractivity contribution in [3.05, 3.63) is 36.0 Å². The van der Waals surface area contributed by atoms with Crippen LogP contribution in [0.25, 0.3) is 11.1 Å². The van der Waals surface area contributed by atoms with Crippen molar-refractivity contribution in [3.63, 3.8) is 0 Å². The largest absolute Gasteiger partial charge is 0.384 e. The zero-order valence-corrected chi connectivity index (χ0v) is 8.81. The molecule has 1 aliphatic rings. The maximum Gasteiger partial charge on any atom is 0.126 e. The van der Waals surface area contributed by atoms with Gasteiger partial charge in [0.2, 0.25) is 0 Å². The van der Waals surface area contributed by atoms with Crippen LogP contribution in [0.4, 0.5) is 5.82 Å². The van der Waals surface area contributed by atoms with Gasteiger partial charge in [0, 0.05) is 11.5 Å². The van der Waals surface area contributed by atoms with Gasteiger partial charge in [-0.05, 0) is 11.1 Å². The van der Waals surface area contributed by atoms with Crippen LogP contribution in [0.15, 0.2) is 30.5 Å². The number of hydrogen-bond acceptors (Lipinski definition) is 3. The van der Waals surface area contributed by atoms with Crippen LogP contribution < -0.4 is 5.73 Å². The van der Waals surface area contributed by atoms with E-state index in [-0.39, 0.29) is 0 Å². The fourth-order valence-corrected chi connectivity index (χ4v) is 2.02. The second kappa shape index (κ2) is 3.64. The van der Waals surface area contributed by atoms with Gasteiger partial charge in [-0.1, -0.05) is 24.3 Å². The first-order chi connectivity index (χ1) is 7.86. The number of nitrogen functional groups attached to an aromatic ring is 1.